The Bertz CT molecular complexity index is 920. The van der Waals surface area contributed by atoms with Crippen LogP contribution in [0, 0.1) is 0 Å². The first kappa shape index (κ1) is 16.2. The van der Waals surface area contributed by atoms with Crippen LogP contribution in [0.1, 0.15) is 18.1 Å². The van der Waals surface area contributed by atoms with Crippen molar-refractivity contribution in [2.24, 2.45) is 0 Å². The van der Waals surface area contributed by atoms with Crippen molar-refractivity contribution in [3.63, 3.8) is 0 Å². The van der Waals surface area contributed by atoms with E-state index < -0.39 is 6.10 Å². The summed E-state index contributed by atoms with van der Waals surface area (Å²) in [5.74, 6) is 1.05. The molecule has 2 heterocycles. The number of amides is 2. The maximum atomic E-state index is 12.2. The zero-order valence-electron chi connectivity index (χ0n) is 14.2. The van der Waals surface area contributed by atoms with Gasteiger partial charge in [0.15, 0.2) is 6.10 Å². The molecule has 6 heteroatoms. The van der Waals surface area contributed by atoms with Gasteiger partial charge < -0.3 is 20.1 Å². The third-order valence-electron chi connectivity index (χ3n) is 4.32. The van der Waals surface area contributed by atoms with Crippen molar-refractivity contribution in [1.82, 2.24) is 0 Å². The van der Waals surface area contributed by atoms with Gasteiger partial charge in [0, 0.05) is 18.2 Å². The maximum absolute atomic E-state index is 12.2. The van der Waals surface area contributed by atoms with Gasteiger partial charge in [-0.1, -0.05) is 6.07 Å². The average molecular weight is 350 g/mol. The Hall–Kier alpha value is -3.28. The molecular formula is C20H18N2O4. The first-order valence-corrected chi connectivity index (χ1v) is 8.45. The van der Waals surface area contributed by atoms with Gasteiger partial charge in [-0.05, 0) is 54.5 Å². The van der Waals surface area contributed by atoms with Gasteiger partial charge in [0.1, 0.15) is 11.5 Å². The number of ether oxygens (including phenoxy) is 2. The highest BCUT2D eigenvalue weighted by atomic mass is 16.5. The van der Waals surface area contributed by atoms with E-state index in [2.05, 4.69) is 10.6 Å². The third-order valence-corrected chi connectivity index (χ3v) is 4.32. The quantitative estimate of drug-likeness (QED) is 0.835. The fraction of sp³-hybridized carbons (Fsp3) is 0.200. The average Bonchev–Trinajstić information content (AvgIpc) is 3.09. The van der Waals surface area contributed by atoms with Crippen LogP contribution in [-0.2, 0) is 16.0 Å². The second-order valence-electron chi connectivity index (χ2n) is 6.25. The van der Waals surface area contributed by atoms with Crippen LogP contribution in [0.3, 0.4) is 0 Å². The van der Waals surface area contributed by atoms with Crippen LogP contribution in [-0.4, -0.2) is 24.5 Å². The number of rotatable bonds is 3. The smallest absolute Gasteiger partial charge is 0.265 e. The molecule has 132 valence electrons. The van der Waals surface area contributed by atoms with Crippen LogP contribution in [0.5, 0.6) is 11.5 Å². The monoisotopic (exact) mass is 350 g/mol. The van der Waals surface area contributed by atoms with Crippen molar-refractivity contribution < 1.29 is 19.1 Å². The summed E-state index contributed by atoms with van der Waals surface area (Å²) in [7, 11) is 0. The number of nitrogens with one attached hydrogen (secondary N) is 2. The van der Waals surface area contributed by atoms with E-state index in [0.29, 0.717) is 23.7 Å². The molecule has 0 fully saturated rings. The SMILES string of the molecule is CC1Oc2ccc(NC(=O)/C=C/c3ccc4c(c3)CCO4)cc2NC1=O. The van der Waals surface area contributed by atoms with E-state index in [0.717, 1.165) is 23.3 Å². The van der Waals surface area contributed by atoms with E-state index in [-0.39, 0.29) is 11.8 Å². The Balaban J connectivity index is 1.43. The summed E-state index contributed by atoms with van der Waals surface area (Å²) < 4.78 is 11.0. The molecule has 2 aromatic carbocycles. The van der Waals surface area contributed by atoms with E-state index >= 15 is 0 Å². The summed E-state index contributed by atoms with van der Waals surface area (Å²) in [6.07, 6.45) is 3.61. The predicted octanol–water partition coefficient (Wildman–Crippen LogP) is 2.99. The van der Waals surface area contributed by atoms with Gasteiger partial charge in [0.05, 0.1) is 12.3 Å². The highest BCUT2D eigenvalue weighted by Gasteiger charge is 2.23. The first-order valence-electron chi connectivity index (χ1n) is 8.45. The highest BCUT2D eigenvalue weighted by molar-refractivity contribution is 6.03. The van der Waals surface area contributed by atoms with Crippen LogP contribution >= 0.6 is 0 Å². The molecule has 2 aliphatic heterocycles. The summed E-state index contributed by atoms with van der Waals surface area (Å²) in [5, 5.41) is 5.54. The standard InChI is InChI=1S/C20H18N2O4/c1-12-20(24)22-16-11-15(4-6-18(16)26-12)21-19(23)7-3-13-2-5-17-14(10-13)8-9-25-17/h2-7,10-12H,8-9H2,1H3,(H,21,23)(H,22,24)/b7-3+. The van der Waals surface area contributed by atoms with Crippen LogP contribution in [0.15, 0.2) is 42.5 Å². The minimum absolute atomic E-state index is 0.207. The molecule has 0 saturated carbocycles. The minimum atomic E-state index is -0.524. The molecule has 0 aliphatic carbocycles. The molecule has 4 rings (SSSR count). The van der Waals surface area contributed by atoms with Crippen LogP contribution in [0.25, 0.3) is 6.08 Å². The normalized spacial score (nSPS) is 17.7. The molecular weight excluding hydrogens is 332 g/mol. The first-order chi connectivity index (χ1) is 12.6. The number of carbonyl (C=O) groups is 2. The van der Waals surface area contributed by atoms with E-state index in [9.17, 15) is 9.59 Å². The summed E-state index contributed by atoms with van der Waals surface area (Å²) >= 11 is 0. The fourth-order valence-corrected chi connectivity index (χ4v) is 2.95. The zero-order valence-corrected chi connectivity index (χ0v) is 14.2. The molecule has 0 spiro atoms. The lowest BCUT2D eigenvalue weighted by atomic mass is 10.1. The van der Waals surface area contributed by atoms with Crippen LogP contribution in [0.4, 0.5) is 11.4 Å². The van der Waals surface area contributed by atoms with Crippen LogP contribution < -0.4 is 20.1 Å². The molecule has 1 atom stereocenters. The molecule has 0 aromatic heterocycles. The predicted molar refractivity (Wildman–Crippen MR) is 98.5 cm³/mol. The highest BCUT2D eigenvalue weighted by Crippen LogP contribution is 2.32. The molecule has 2 amide bonds. The summed E-state index contributed by atoms with van der Waals surface area (Å²) in [6.45, 7) is 2.39. The van der Waals surface area contributed by atoms with Crippen molar-refractivity contribution >= 4 is 29.3 Å². The lowest BCUT2D eigenvalue weighted by Gasteiger charge is -2.23. The van der Waals surface area contributed by atoms with E-state index in [1.807, 2.05) is 18.2 Å². The molecule has 26 heavy (non-hydrogen) atoms. The molecule has 2 aromatic rings. The third kappa shape index (κ3) is 3.26. The fourth-order valence-electron chi connectivity index (χ4n) is 2.95. The van der Waals surface area contributed by atoms with Gasteiger partial charge in [-0.3, -0.25) is 9.59 Å². The Morgan fingerprint density at radius 2 is 2.08 bits per heavy atom. The topological polar surface area (TPSA) is 76.7 Å². The molecule has 6 nitrogen and oxygen atoms in total. The van der Waals surface area contributed by atoms with Crippen molar-refractivity contribution in [2.45, 2.75) is 19.4 Å². The van der Waals surface area contributed by atoms with E-state index in [4.69, 9.17) is 9.47 Å². The largest absolute Gasteiger partial charge is 0.493 e. The number of carbonyl (C=O) groups excluding carboxylic acids is 2. The summed E-state index contributed by atoms with van der Waals surface area (Å²) in [6, 6.07) is 11.0. The Morgan fingerprint density at radius 3 is 2.96 bits per heavy atom. The second kappa shape index (κ2) is 6.55. The van der Waals surface area contributed by atoms with Gasteiger partial charge in [-0.25, -0.2) is 0 Å². The van der Waals surface area contributed by atoms with Crippen molar-refractivity contribution in [3.8, 4) is 11.5 Å². The number of fused-ring (bicyclic) bond motifs is 2. The number of hydrogen-bond donors (Lipinski definition) is 2. The second-order valence-corrected chi connectivity index (χ2v) is 6.25. The Morgan fingerprint density at radius 1 is 1.23 bits per heavy atom. The molecule has 0 radical (unpaired) electrons. The zero-order chi connectivity index (χ0) is 18.1. The Labute approximate surface area is 150 Å². The lowest BCUT2D eigenvalue weighted by Crippen LogP contribution is -2.34. The molecule has 2 N–H and O–H groups in total. The van der Waals surface area contributed by atoms with E-state index in [1.54, 1.807) is 31.2 Å². The van der Waals surface area contributed by atoms with Crippen LogP contribution in [0.2, 0.25) is 0 Å². The summed E-state index contributed by atoms with van der Waals surface area (Å²) in [5.41, 5.74) is 3.24. The number of hydrogen-bond acceptors (Lipinski definition) is 4. The number of anilines is 2. The van der Waals surface area contributed by atoms with Crippen molar-refractivity contribution in [3.05, 3.63) is 53.6 Å². The van der Waals surface area contributed by atoms with Gasteiger partial charge in [-0.15, -0.1) is 0 Å². The maximum Gasteiger partial charge on any atom is 0.265 e. The van der Waals surface area contributed by atoms with Gasteiger partial charge in [-0.2, -0.15) is 0 Å². The van der Waals surface area contributed by atoms with Gasteiger partial charge >= 0.3 is 0 Å². The minimum Gasteiger partial charge on any atom is -0.493 e. The molecule has 2 aliphatic rings. The number of benzene rings is 2. The molecule has 0 saturated heterocycles. The van der Waals surface area contributed by atoms with Gasteiger partial charge in [0.2, 0.25) is 5.91 Å². The summed E-state index contributed by atoms with van der Waals surface area (Å²) in [4.78, 5) is 23.8. The van der Waals surface area contributed by atoms with E-state index in [1.165, 1.54) is 6.08 Å². The molecule has 1 unspecified atom stereocenters. The van der Waals surface area contributed by atoms with Crippen molar-refractivity contribution in [1.29, 1.82) is 0 Å². The van der Waals surface area contributed by atoms with Crippen molar-refractivity contribution in [2.75, 3.05) is 17.2 Å². The Kier molecular flexibility index (Phi) is 4.08. The van der Waals surface area contributed by atoms with Gasteiger partial charge in [0.25, 0.3) is 5.91 Å². The molecule has 0 bridgehead atoms. The lowest BCUT2D eigenvalue weighted by molar-refractivity contribution is -0.122.